The second kappa shape index (κ2) is 6.13. The van der Waals surface area contributed by atoms with E-state index in [1.54, 1.807) is 24.8 Å². The first kappa shape index (κ1) is 15.0. The first-order chi connectivity index (χ1) is 11.7. The van der Waals surface area contributed by atoms with Crippen LogP contribution < -0.4 is 4.90 Å². The zero-order valence-corrected chi connectivity index (χ0v) is 13.9. The van der Waals surface area contributed by atoms with Gasteiger partial charge < -0.3 is 4.90 Å². The fraction of sp³-hybridized carbons (Fsp3) is 0.235. The predicted octanol–water partition coefficient (Wildman–Crippen LogP) is 2.85. The molecule has 0 fully saturated rings. The van der Waals surface area contributed by atoms with Crippen LogP contribution in [0, 0.1) is 6.92 Å². The van der Waals surface area contributed by atoms with Crippen LogP contribution in [-0.2, 0) is 13.0 Å². The van der Waals surface area contributed by atoms with E-state index in [-0.39, 0.29) is 0 Å². The summed E-state index contributed by atoms with van der Waals surface area (Å²) in [6.45, 7) is 3.52. The molecule has 0 aromatic carbocycles. The van der Waals surface area contributed by atoms with Crippen molar-refractivity contribution in [2.45, 2.75) is 19.9 Å². The standard InChI is InChI=1S/C17H15ClN6/c1-11-21-7-12-10-24(5-2-15(12)23-11)17-6-13(14(18)8-22-17)16-9-19-3-4-20-16/h3-4,6-9H,2,5,10H2,1H3. The molecule has 0 aliphatic carbocycles. The van der Waals surface area contributed by atoms with Gasteiger partial charge in [-0.15, -0.1) is 0 Å². The molecule has 3 aromatic rings. The summed E-state index contributed by atoms with van der Waals surface area (Å²) >= 11 is 6.30. The van der Waals surface area contributed by atoms with Gasteiger partial charge in [0.1, 0.15) is 11.6 Å². The first-order valence-electron chi connectivity index (χ1n) is 7.69. The first-order valence-corrected chi connectivity index (χ1v) is 8.07. The fourth-order valence-corrected chi connectivity index (χ4v) is 3.05. The number of aryl methyl sites for hydroxylation is 1. The Bertz CT molecular complexity index is 884. The van der Waals surface area contributed by atoms with Crippen LogP contribution in [0.1, 0.15) is 17.1 Å². The lowest BCUT2D eigenvalue weighted by Gasteiger charge is -2.29. The highest BCUT2D eigenvalue weighted by molar-refractivity contribution is 6.33. The van der Waals surface area contributed by atoms with Crippen LogP contribution in [0.25, 0.3) is 11.3 Å². The fourth-order valence-electron chi connectivity index (χ4n) is 2.85. The van der Waals surface area contributed by atoms with Crippen molar-refractivity contribution in [2.75, 3.05) is 11.4 Å². The van der Waals surface area contributed by atoms with Crippen LogP contribution in [0.4, 0.5) is 5.82 Å². The third-order valence-corrected chi connectivity index (χ3v) is 4.36. The molecule has 0 saturated carbocycles. The van der Waals surface area contributed by atoms with Gasteiger partial charge in [-0.3, -0.25) is 9.97 Å². The lowest BCUT2D eigenvalue weighted by molar-refractivity contribution is 0.691. The van der Waals surface area contributed by atoms with E-state index in [1.807, 2.05) is 19.2 Å². The summed E-state index contributed by atoms with van der Waals surface area (Å²) in [6.07, 6.45) is 9.45. The zero-order chi connectivity index (χ0) is 16.5. The molecule has 3 aromatic heterocycles. The number of nitrogens with zero attached hydrogens (tertiary/aromatic N) is 6. The van der Waals surface area contributed by atoms with Gasteiger partial charge in [-0.05, 0) is 13.0 Å². The normalized spacial score (nSPS) is 13.7. The Kier molecular flexibility index (Phi) is 3.82. The number of pyridine rings is 1. The Morgan fingerprint density at radius 2 is 2.00 bits per heavy atom. The number of halogens is 1. The molecule has 1 aliphatic heterocycles. The summed E-state index contributed by atoms with van der Waals surface area (Å²) < 4.78 is 0. The van der Waals surface area contributed by atoms with E-state index in [4.69, 9.17) is 11.6 Å². The number of fused-ring (bicyclic) bond motifs is 1. The largest absolute Gasteiger partial charge is 0.352 e. The molecule has 7 heteroatoms. The maximum Gasteiger partial charge on any atom is 0.129 e. The zero-order valence-electron chi connectivity index (χ0n) is 13.1. The highest BCUT2D eigenvalue weighted by Crippen LogP contribution is 2.30. The third-order valence-electron chi connectivity index (χ3n) is 4.06. The van der Waals surface area contributed by atoms with Gasteiger partial charge in [0.05, 0.1) is 22.6 Å². The predicted molar refractivity (Wildman–Crippen MR) is 91.8 cm³/mol. The van der Waals surface area contributed by atoms with E-state index in [2.05, 4.69) is 29.8 Å². The quantitative estimate of drug-likeness (QED) is 0.715. The van der Waals surface area contributed by atoms with E-state index in [0.29, 0.717) is 5.02 Å². The minimum Gasteiger partial charge on any atom is -0.352 e. The molecule has 0 N–H and O–H groups in total. The van der Waals surface area contributed by atoms with Crippen LogP contribution in [-0.4, -0.2) is 31.5 Å². The molecule has 0 saturated heterocycles. The lowest BCUT2D eigenvalue weighted by Crippen LogP contribution is -2.32. The molecule has 0 atom stereocenters. The number of rotatable bonds is 2. The second-order valence-electron chi connectivity index (χ2n) is 5.67. The molecule has 0 amide bonds. The minimum atomic E-state index is 0.565. The maximum atomic E-state index is 6.30. The molecule has 0 bridgehead atoms. The summed E-state index contributed by atoms with van der Waals surface area (Å²) in [5.41, 5.74) is 3.84. The van der Waals surface area contributed by atoms with Gasteiger partial charge in [-0.1, -0.05) is 11.6 Å². The number of hydrogen-bond acceptors (Lipinski definition) is 6. The van der Waals surface area contributed by atoms with Crippen LogP contribution in [0.5, 0.6) is 0 Å². The van der Waals surface area contributed by atoms with Gasteiger partial charge in [0.25, 0.3) is 0 Å². The Balaban J connectivity index is 1.67. The van der Waals surface area contributed by atoms with Gasteiger partial charge >= 0.3 is 0 Å². The van der Waals surface area contributed by atoms with Crippen LogP contribution >= 0.6 is 11.6 Å². The van der Waals surface area contributed by atoms with Crippen molar-refractivity contribution in [3.8, 4) is 11.3 Å². The van der Waals surface area contributed by atoms with Gasteiger partial charge in [-0.2, -0.15) is 0 Å². The van der Waals surface area contributed by atoms with Crippen molar-refractivity contribution >= 4 is 17.4 Å². The van der Waals surface area contributed by atoms with Crippen molar-refractivity contribution < 1.29 is 0 Å². The van der Waals surface area contributed by atoms with Crippen molar-refractivity contribution in [3.63, 3.8) is 0 Å². The highest BCUT2D eigenvalue weighted by atomic mass is 35.5. The minimum absolute atomic E-state index is 0.565. The van der Waals surface area contributed by atoms with Crippen molar-refractivity contribution in [1.29, 1.82) is 0 Å². The van der Waals surface area contributed by atoms with Crippen LogP contribution in [0.2, 0.25) is 5.02 Å². The molecule has 0 radical (unpaired) electrons. The van der Waals surface area contributed by atoms with E-state index in [9.17, 15) is 0 Å². The number of aromatic nitrogens is 5. The Hall–Kier alpha value is -2.60. The van der Waals surface area contributed by atoms with Crippen LogP contribution in [0.3, 0.4) is 0 Å². The summed E-state index contributed by atoms with van der Waals surface area (Å²) in [7, 11) is 0. The summed E-state index contributed by atoms with van der Waals surface area (Å²) in [6, 6.07) is 1.96. The summed E-state index contributed by atoms with van der Waals surface area (Å²) in [5.74, 6) is 1.68. The molecule has 4 heterocycles. The van der Waals surface area contributed by atoms with Crippen LogP contribution in [0.15, 0.2) is 37.1 Å². The van der Waals surface area contributed by atoms with Gasteiger partial charge in [0.2, 0.25) is 0 Å². The number of anilines is 1. The Morgan fingerprint density at radius 3 is 2.83 bits per heavy atom. The van der Waals surface area contributed by atoms with E-state index in [1.165, 1.54) is 0 Å². The smallest absolute Gasteiger partial charge is 0.129 e. The topological polar surface area (TPSA) is 67.7 Å². The summed E-state index contributed by atoms with van der Waals surface area (Å²) in [4.78, 5) is 24.0. The van der Waals surface area contributed by atoms with Gasteiger partial charge in [-0.25, -0.2) is 15.0 Å². The van der Waals surface area contributed by atoms with Crippen molar-refractivity contribution in [1.82, 2.24) is 24.9 Å². The van der Waals surface area contributed by atoms with E-state index < -0.39 is 0 Å². The summed E-state index contributed by atoms with van der Waals surface area (Å²) in [5, 5.41) is 0.565. The Labute approximate surface area is 144 Å². The van der Waals surface area contributed by atoms with Crippen molar-refractivity contribution in [2.24, 2.45) is 0 Å². The van der Waals surface area contributed by atoms with Gasteiger partial charge in [0, 0.05) is 55.4 Å². The Morgan fingerprint density at radius 1 is 1.08 bits per heavy atom. The molecule has 6 nitrogen and oxygen atoms in total. The molecule has 24 heavy (non-hydrogen) atoms. The molecular weight excluding hydrogens is 324 g/mol. The number of hydrogen-bond donors (Lipinski definition) is 0. The third kappa shape index (κ3) is 2.80. The van der Waals surface area contributed by atoms with Crippen molar-refractivity contribution in [3.05, 3.63) is 59.2 Å². The molecule has 0 unspecified atom stereocenters. The monoisotopic (exact) mass is 338 g/mol. The molecule has 0 spiro atoms. The SMILES string of the molecule is Cc1ncc2c(n1)CCN(c1cc(-c3cnccn3)c(Cl)cn1)C2. The average Bonchev–Trinajstić information content (AvgIpc) is 2.62. The van der Waals surface area contributed by atoms with E-state index in [0.717, 1.165) is 53.7 Å². The van der Waals surface area contributed by atoms with Gasteiger partial charge in [0.15, 0.2) is 0 Å². The average molecular weight is 339 g/mol. The molecule has 4 rings (SSSR count). The second-order valence-corrected chi connectivity index (χ2v) is 6.08. The molecular formula is C17H15ClN6. The molecule has 1 aliphatic rings. The lowest BCUT2D eigenvalue weighted by atomic mass is 10.1. The maximum absolute atomic E-state index is 6.30. The molecule has 120 valence electrons. The highest BCUT2D eigenvalue weighted by Gasteiger charge is 2.20. The van der Waals surface area contributed by atoms with E-state index >= 15 is 0 Å².